The fourth-order valence-corrected chi connectivity index (χ4v) is 0.726. The Balaban J connectivity index is 4.23. The van der Waals surface area contributed by atoms with Crippen molar-refractivity contribution in [1.29, 1.82) is 0 Å². The van der Waals surface area contributed by atoms with Crippen LogP contribution in [0.2, 0.25) is 0 Å². The van der Waals surface area contributed by atoms with Gasteiger partial charge in [-0.1, -0.05) is 41.4 Å². The lowest BCUT2D eigenvalue weighted by molar-refractivity contribution is -0.114. The maximum absolute atomic E-state index is 10.7. The molecule has 4 heteroatoms. The van der Waals surface area contributed by atoms with Crippen LogP contribution in [-0.2, 0) is 4.79 Å². The monoisotopic (exact) mass is 186 g/mol. The van der Waals surface area contributed by atoms with Gasteiger partial charge in [0.2, 0.25) is 5.78 Å². The summed E-state index contributed by atoms with van der Waals surface area (Å²) >= 11 is 15.6. The second kappa shape index (κ2) is 2.91. The van der Waals surface area contributed by atoms with Crippen molar-refractivity contribution in [2.75, 3.05) is 0 Å². The summed E-state index contributed by atoms with van der Waals surface area (Å²) in [6, 6.07) is 0. The fourth-order valence-electron chi connectivity index (χ4n) is 0.242. The van der Waals surface area contributed by atoms with E-state index in [0.29, 0.717) is 0 Å². The van der Waals surface area contributed by atoms with Crippen LogP contribution in [0.15, 0.2) is 12.2 Å². The highest BCUT2D eigenvalue weighted by atomic mass is 35.6. The van der Waals surface area contributed by atoms with Crippen LogP contribution in [0.25, 0.3) is 0 Å². The number of rotatable bonds is 1. The Labute approximate surface area is 68.6 Å². The Hall–Kier alpha value is 0.280. The van der Waals surface area contributed by atoms with Crippen molar-refractivity contribution in [3.05, 3.63) is 12.2 Å². The first-order valence-electron chi connectivity index (χ1n) is 2.12. The number of carbonyl (C=O) groups excluding carboxylic acids is 1. The first kappa shape index (κ1) is 9.28. The van der Waals surface area contributed by atoms with E-state index in [1.165, 1.54) is 6.92 Å². The van der Waals surface area contributed by atoms with Crippen LogP contribution in [-0.4, -0.2) is 9.58 Å². The van der Waals surface area contributed by atoms with Crippen molar-refractivity contribution in [3.8, 4) is 0 Å². The van der Waals surface area contributed by atoms with E-state index < -0.39 is 9.58 Å². The molecule has 0 heterocycles. The van der Waals surface area contributed by atoms with Crippen molar-refractivity contribution in [1.82, 2.24) is 0 Å². The summed E-state index contributed by atoms with van der Waals surface area (Å²) < 4.78 is -1.84. The van der Waals surface area contributed by atoms with Gasteiger partial charge in [-0.05, 0) is 12.5 Å². The van der Waals surface area contributed by atoms with E-state index in [4.69, 9.17) is 34.8 Å². The van der Waals surface area contributed by atoms with Crippen LogP contribution in [0.3, 0.4) is 0 Å². The number of Topliss-reactive ketones (excluding diaryl/α,β-unsaturated/α-hetero) is 1. The Bertz CT molecular complexity index is 145. The fraction of sp³-hybridized carbons (Fsp3) is 0.400. The Morgan fingerprint density at radius 1 is 1.44 bits per heavy atom. The predicted molar refractivity (Wildman–Crippen MR) is 40.1 cm³/mol. The largest absolute Gasteiger partial charge is 0.290 e. The minimum Gasteiger partial charge on any atom is -0.290 e. The molecule has 0 radical (unpaired) electrons. The minimum atomic E-state index is -1.84. The summed E-state index contributed by atoms with van der Waals surface area (Å²) in [4.78, 5) is 10.7. The highest BCUT2D eigenvalue weighted by Crippen LogP contribution is 2.29. The van der Waals surface area contributed by atoms with E-state index in [0.717, 1.165) is 0 Å². The van der Waals surface area contributed by atoms with Gasteiger partial charge in [0.1, 0.15) is 0 Å². The lowest BCUT2D eigenvalue weighted by atomic mass is 10.2. The van der Waals surface area contributed by atoms with Crippen molar-refractivity contribution < 1.29 is 4.79 Å². The third-order valence-corrected chi connectivity index (χ3v) is 1.16. The van der Waals surface area contributed by atoms with Crippen LogP contribution in [0.5, 0.6) is 0 Å². The van der Waals surface area contributed by atoms with Gasteiger partial charge in [-0.2, -0.15) is 0 Å². The predicted octanol–water partition coefficient (Wildman–Crippen LogP) is 2.50. The van der Waals surface area contributed by atoms with E-state index >= 15 is 0 Å². The van der Waals surface area contributed by atoms with E-state index in [1.807, 2.05) is 0 Å². The van der Waals surface area contributed by atoms with Gasteiger partial charge >= 0.3 is 0 Å². The van der Waals surface area contributed by atoms with Gasteiger partial charge in [-0.15, -0.1) is 0 Å². The van der Waals surface area contributed by atoms with Gasteiger partial charge in [0.05, 0.1) is 0 Å². The summed E-state index contributed by atoms with van der Waals surface area (Å²) in [5.41, 5.74) is 0.245. The molecule has 0 atom stereocenters. The van der Waals surface area contributed by atoms with Gasteiger partial charge in [0.15, 0.2) is 0 Å². The molecule has 0 saturated carbocycles. The molecule has 52 valence electrons. The Kier molecular flexibility index (Phi) is 3.00. The number of ketones is 1. The molecule has 0 saturated heterocycles. The van der Waals surface area contributed by atoms with Crippen LogP contribution in [0.1, 0.15) is 6.92 Å². The quantitative estimate of drug-likeness (QED) is 0.455. The first-order valence-corrected chi connectivity index (χ1v) is 3.26. The van der Waals surface area contributed by atoms with Crippen molar-refractivity contribution in [3.63, 3.8) is 0 Å². The van der Waals surface area contributed by atoms with Gasteiger partial charge in [0.25, 0.3) is 3.79 Å². The molecule has 0 aromatic rings. The number of halogens is 3. The maximum atomic E-state index is 10.7. The third-order valence-electron chi connectivity index (χ3n) is 0.645. The SMILES string of the molecule is C=C(C)C(=O)C(Cl)(Cl)Cl. The highest BCUT2D eigenvalue weighted by molar-refractivity contribution is 6.77. The Morgan fingerprint density at radius 3 is 1.78 bits per heavy atom. The summed E-state index contributed by atoms with van der Waals surface area (Å²) in [5.74, 6) is -0.562. The molecule has 0 fully saturated rings. The molecule has 0 aliphatic carbocycles. The lowest BCUT2D eigenvalue weighted by Crippen LogP contribution is -2.18. The standard InChI is InChI=1S/C5H5Cl3O/c1-3(2)4(9)5(6,7)8/h1H2,2H3. The smallest absolute Gasteiger partial charge is 0.253 e. The zero-order valence-corrected chi connectivity index (χ0v) is 7.02. The lowest BCUT2D eigenvalue weighted by Gasteiger charge is -2.06. The molecule has 0 spiro atoms. The Morgan fingerprint density at radius 2 is 1.78 bits per heavy atom. The molecule has 0 rings (SSSR count). The molecule has 9 heavy (non-hydrogen) atoms. The van der Waals surface area contributed by atoms with Gasteiger partial charge in [-0.3, -0.25) is 4.79 Å². The van der Waals surface area contributed by atoms with Crippen LogP contribution in [0.4, 0.5) is 0 Å². The van der Waals surface area contributed by atoms with Crippen LogP contribution < -0.4 is 0 Å². The van der Waals surface area contributed by atoms with Gasteiger partial charge < -0.3 is 0 Å². The van der Waals surface area contributed by atoms with Crippen LogP contribution >= 0.6 is 34.8 Å². The molecule has 1 nitrogen and oxygen atoms in total. The summed E-state index contributed by atoms with van der Waals surface area (Å²) in [6.07, 6.45) is 0. The van der Waals surface area contributed by atoms with E-state index in [-0.39, 0.29) is 5.57 Å². The average molecular weight is 187 g/mol. The number of hydrogen-bond acceptors (Lipinski definition) is 1. The number of hydrogen-bond donors (Lipinski definition) is 0. The maximum Gasteiger partial charge on any atom is 0.253 e. The molecule has 0 aromatic carbocycles. The minimum absolute atomic E-state index is 0.245. The first-order chi connectivity index (χ1) is 3.85. The highest BCUT2D eigenvalue weighted by Gasteiger charge is 2.30. The van der Waals surface area contributed by atoms with E-state index in [1.54, 1.807) is 0 Å². The van der Waals surface area contributed by atoms with E-state index in [2.05, 4.69) is 6.58 Å². The van der Waals surface area contributed by atoms with Gasteiger partial charge in [-0.25, -0.2) is 0 Å². The van der Waals surface area contributed by atoms with Crippen LogP contribution in [0, 0.1) is 0 Å². The third kappa shape index (κ3) is 3.09. The van der Waals surface area contributed by atoms with Gasteiger partial charge in [0, 0.05) is 0 Å². The summed E-state index contributed by atoms with van der Waals surface area (Å²) in [5, 5.41) is 0. The van der Waals surface area contributed by atoms with Crippen molar-refractivity contribution in [2.45, 2.75) is 10.7 Å². The topological polar surface area (TPSA) is 17.1 Å². The molecule has 0 aliphatic rings. The zero-order valence-electron chi connectivity index (χ0n) is 4.75. The molecule has 0 bridgehead atoms. The molecule has 0 aliphatic heterocycles. The molecular weight excluding hydrogens is 182 g/mol. The second-order valence-electron chi connectivity index (χ2n) is 1.61. The number of carbonyl (C=O) groups is 1. The zero-order chi connectivity index (χ0) is 7.65. The molecule has 0 unspecified atom stereocenters. The van der Waals surface area contributed by atoms with Crippen molar-refractivity contribution in [2.24, 2.45) is 0 Å². The number of alkyl halides is 3. The molecule has 0 amide bonds. The normalized spacial score (nSPS) is 11.1. The summed E-state index contributed by atoms with van der Waals surface area (Å²) in [6.45, 7) is 4.81. The molecular formula is C5H5Cl3O. The molecule has 0 N–H and O–H groups in total. The summed E-state index contributed by atoms with van der Waals surface area (Å²) in [7, 11) is 0. The van der Waals surface area contributed by atoms with Crippen molar-refractivity contribution >= 4 is 40.6 Å². The average Bonchev–Trinajstić information content (AvgIpc) is 1.62. The second-order valence-corrected chi connectivity index (χ2v) is 3.89. The van der Waals surface area contributed by atoms with E-state index in [9.17, 15) is 4.79 Å². The molecule has 0 aromatic heterocycles. The number of allylic oxidation sites excluding steroid dienone is 1.